The summed E-state index contributed by atoms with van der Waals surface area (Å²) in [6.45, 7) is 5.61. The fourth-order valence-electron chi connectivity index (χ4n) is 0.920. The summed E-state index contributed by atoms with van der Waals surface area (Å²) in [7, 11) is 0. The summed E-state index contributed by atoms with van der Waals surface area (Å²) in [4.78, 5) is 0. The first-order valence-electron chi connectivity index (χ1n) is 3.85. The molecule has 10 heavy (non-hydrogen) atoms. The first kappa shape index (κ1) is 7.48. The Morgan fingerprint density at radius 2 is 2.30 bits per heavy atom. The molecule has 0 bridgehead atoms. The summed E-state index contributed by atoms with van der Waals surface area (Å²) in [5, 5.41) is 5.42. The molecule has 1 N–H and O–H groups in total. The molecule has 0 aromatic carbocycles. The van der Waals surface area contributed by atoms with Gasteiger partial charge in [0.1, 0.15) is 12.7 Å². The van der Waals surface area contributed by atoms with Crippen molar-refractivity contribution in [2.24, 2.45) is 11.0 Å². The van der Waals surface area contributed by atoms with Crippen LogP contribution < -0.4 is 5.01 Å². The number of quaternary nitrogens is 1. The second-order valence-corrected chi connectivity index (χ2v) is 3.06. The number of hydrogen-bond donors (Lipinski definition) is 1. The van der Waals surface area contributed by atoms with E-state index in [1.807, 2.05) is 12.3 Å². The molecule has 0 saturated heterocycles. The molecular formula is C8H15N2+. The van der Waals surface area contributed by atoms with Gasteiger partial charge in [0, 0.05) is 12.5 Å². The Labute approximate surface area is 62.2 Å². The fraction of sp³-hybridized carbons (Fsp3) is 0.625. The van der Waals surface area contributed by atoms with E-state index in [-0.39, 0.29) is 0 Å². The Kier molecular flexibility index (Phi) is 2.63. The van der Waals surface area contributed by atoms with Crippen LogP contribution >= 0.6 is 0 Å². The molecule has 0 amide bonds. The molecule has 56 valence electrons. The fourth-order valence-corrected chi connectivity index (χ4v) is 0.920. The molecule has 0 radical (unpaired) electrons. The summed E-state index contributed by atoms with van der Waals surface area (Å²) < 4.78 is 0. The van der Waals surface area contributed by atoms with Gasteiger partial charge in [0.25, 0.3) is 0 Å². The van der Waals surface area contributed by atoms with Crippen molar-refractivity contribution < 1.29 is 5.01 Å². The molecule has 0 aromatic rings. The van der Waals surface area contributed by atoms with E-state index in [2.05, 4.69) is 25.1 Å². The standard InChI is InChI=1S/C8H14N2/c1-8(2)4-7-10-6-3-5-9-10/h3,5-6,8H,4,7H2,1-2H3/p+1. The third kappa shape index (κ3) is 2.31. The van der Waals surface area contributed by atoms with Crippen LogP contribution in [-0.2, 0) is 0 Å². The van der Waals surface area contributed by atoms with Crippen molar-refractivity contribution in [1.29, 1.82) is 0 Å². The third-order valence-electron chi connectivity index (χ3n) is 1.59. The molecule has 0 aromatic heterocycles. The van der Waals surface area contributed by atoms with Crippen LogP contribution in [0, 0.1) is 5.92 Å². The normalized spacial score (nSPS) is 22.9. The molecule has 1 heterocycles. The zero-order valence-electron chi connectivity index (χ0n) is 6.67. The average molecular weight is 139 g/mol. The van der Waals surface area contributed by atoms with Gasteiger partial charge in [-0.3, -0.25) is 0 Å². The van der Waals surface area contributed by atoms with E-state index >= 15 is 0 Å². The van der Waals surface area contributed by atoms with Gasteiger partial charge in [0.2, 0.25) is 0 Å². The quantitative estimate of drug-likeness (QED) is 0.584. The minimum atomic E-state index is 0.789. The Balaban J connectivity index is 2.14. The Bertz CT molecular complexity index is 135. The van der Waals surface area contributed by atoms with Crippen molar-refractivity contribution in [2.45, 2.75) is 20.3 Å². The van der Waals surface area contributed by atoms with Crippen molar-refractivity contribution in [3.8, 4) is 0 Å². The van der Waals surface area contributed by atoms with Gasteiger partial charge in [-0.05, 0) is 5.92 Å². The molecule has 0 saturated carbocycles. The summed E-state index contributed by atoms with van der Waals surface area (Å²) >= 11 is 0. The minimum absolute atomic E-state index is 0.789. The van der Waals surface area contributed by atoms with E-state index < -0.39 is 0 Å². The summed E-state index contributed by atoms with van der Waals surface area (Å²) in [6, 6.07) is 0. The first-order valence-corrected chi connectivity index (χ1v) is 3.85. The molecule has 2 heteroatoms. The lowest BCUT2D eigenvalue weighted by atomic mass is 10.1. The van der Waals surface area contributed by atoms with Gasteiger partial charge in [0.15, 0.2) is 0 Å². The Morgan fingerprint density at radius 3 is 2.80 bits per heavy atom. The highest BCUT2D eigenvalue weighted by Crippen LogP contribution is 1.94. The van der Waals surface area contributed by atoms with Crippen LogP contribution in [0.2, 0.25) is 0 Å². The van der Waals surface area contributed by atoms with Crippen LogP contribution in [0.3, 0.4) is 0 Å². The lowest BCUT2D eigenvalue weighted by Crippen LogP contribution is -3.01. The molecule has 1 rings (SSSR count). The summed E-state index contributed by atoms with van der Waals surface area (Å²) in [6.07, 6.45) is 7.19. The van der Waals surface area contributed by atoms with Crippen LogP contribution in [0.4, 0.5) is 0 Å². The number of rotatable bonds is 3. The van der Waals surface area contributed by atoms with Gasteiger partial charge in [0.05, 0.1) is 6.21 Å². The maximum atomic E-state index is 4.19. The molecule has 1 aliphatic heterocycles. The van der Waals surface area contributed by atoms with Crippen LogP contribution in [-0.4, -0.2) is 12.8 Å². The maximum Gasteiger partial charge on any atom is 0.122 e. The Morgan fingerprint density at radius 1 is 1.50 bits per heavy atom. The first-order chi connectivity index (χ1) is 4.79. The zero-order chi connectivity index (χ0) is 7.40. The van der Waals surface area contributed by atoms with Gasteiger partial charge >= 0.3 is 0 Å². The highest BCUT2D eigenvalue weighted by molar-refractivity contribution is 5.70. The molecule has 0 fully saturated rings. The van der Waals surface area contributed by atoms with Gasteiger partial charge in [-0.15, -0.1) is 0 Å². The topological polar surface area (TPSA) is 16.8 Å². The van der Waals surface area contributed by atoms with Gasteiger partial charge in [-0.1, -0.05) is 18.9 Å². The number of hydrogen-bond acceptors (Lipinski definition) is 1. The maximum absolute atomic E-state index is 4.19. The van der Waals surface area contributed by atoms with Crippen molar-refractivity contribution in [3.05, 3.63) is 12.3 Å². The molecule has 1 aliphatic rings. The van der Waals surface area contributed by atoms with Crippen LogP contribution in [0.15, 0.2) is 17.4 Å². The van der Waals surface area contributed by atoms with E-state index in [4.69, 9.17) is 0 Å². The highest BCUT2D eigenvalue weighted by atomic mass is 15.4. The van der Waals surface area contributed by atoms with Gasteiger partial charge < -0.3 is 0 Å². The second kappa shape index (κ2) is 3.52. The van der Waals surface area contributed by atoms with E-state index in [1.165, 1.54) is 11.4 Å². The monoisotopic (exact) mass is 139 g/mol. The highest BCUT2D eigenvalue weighted by Gasteiger charge is 2.05. The summed E-state index contributed by atoms with van der Waals surface area (Å²) in [5.41, 5.74) is 0. The molecule has 1 unspecified atom stereocenters. The Hall–Kier alpha value is -0.630. The van der Waals surface area contributed by atoms with Crippen molar-refractivity contribution in [1.82, 2.24) is 0 Å². The van der Waals surface area contributed by atoms with E-state index in [0.717, 1.165) is 12.5 Å². The van der Waals surface area contributed by atoms with Crippen LogP contribution in [0.5, 0.6) is 0 Å². The predicted molar refractivity (Wildman–Crippen MR) is 42.9 cm³/mol. The van der Waals surface area contributed by atoms with Crippen molar-refractivity contribution >= 4 is 6.21 Å². The van der Waals surface area contributed by atoms with Crippen LogP contribution in [0.25, 0.3) is 0 Å². The van der Waals surface area contributed by atoms with E-state index in [1.54, 1.807) is 0 Å². The molecule has 2 nitrogen and oxygen atoms in total. The van der Waals surface area contributed by atoms with E-state index in [0.29, 0.717) is 0 Å². The SMILES string of the molecule is CC(C)CC[NH+]1C=CC=N1. The van der Waals surface area contributed by atoms with Gasteiger partial charge in [-0.2, -0.15) is 5.01 Å². The molecular weight excluding hydrogens is 124 g/mol. The van der Waals surface area contributed by atoms with E-state index in [9.17, 15) is 0 Å². The molecule has 1 atom stereocenters. The molecule has 0 spiro atoms. The minimum Gasteiger partial charge on any atom is -0.183 e. The lowest BCUT2D eigenvalue weighted by molar-refractivity contribution is -0.851. The average Bonchev–Trinajstić information content (AvgIpc) is 2.34. The second-order valence-electron chi connectivity index (χ2n) is 3.06. The van der Waals surface area contributed by atoms with Gasteiger partial charge in [-0.25, -0.2) is 0 Å². The van der Waals surface area contributed by atoms with Crippen molar-refractivity contribution in [2.75, 3.05) is 6.54 Å². The van der Waals surface area contributed by atoms with Crippen molar-refractivity contribution in [3.63, 3.8) is 0 Å². The zero-order valence-corrected chi connectivity index (χ0v) is 6.67. The lowest BCUT2D eigenvalue weighted by Gasteiger charge is -2.05. The molecule has 0 aliphatic carbocycles. The number of nitrogens with one attached hydrogen (secondary N) is 1. The third-order valence-corrected chi connectivity index (χ3v) is 1.59. The summed E-state index contributed by atoms with van der Waals surface area (Å²) in [5.74, 6) is 0.789. The number of nitrogens with zero attached hydrogens (tertiary/aromatic N) is 1. The largest absolute Gasteiger partial charge is 0.183 e. The smallest absolute Gasteiger partial charge is 0.122 e. The van der Waals surface area contributed by atoms with Crippen LogP contribution in [0.1, 0.15) is 20.3 Å². The number of allylic oxidation sites excluding steroid dienone is 1. The predicted octanol–water partition coefficient (Wildman–Crippen LogP) is 0.431.